The summed E-state index contributed by atoms with van der Waals surface area (Å²) in [7, 11) is 0. The van der Waals surface area contributed by atoms with E-state index in [-0.39, 0.29) is 23.7 Å². The van der Waals surface area contributed by atoms with Crippen molar-refractivity contribution in [1.29, 1.82) is 0 Å². The van der Waals surface area contributed by atoms with Gasteiger partial charge in [0.15, 0.2) is 11.5 Å². The first-order chi connectivity index (χ1) is 19.6. The Hall–Kier alpha value is -4.45. The number of alkyl carbamates (subject to hydrolysis) is 1. The first kappa shape index (κ1) is 28.1. The number of nitrogens with two attached hydrogens (primary N) is 1. The first-order valence-electron chi connectivity index (χ1n) is 13.6. The highest BCUT2D eigenvalue weighted by atomic mass is 16.6. The molecule has 0 atom stereocenters. The molecule has 2 amide bonds. The Morgan fingerprint density at radius 1 is 1.07 bits per heavy atom. The molecule has 1 aliphatic carbocycles. The van der Waals surface area contributed by atoms with Gasteiger partial charge in [0, 0.05) is 43.7 Å². The number of hydrogen-bond acceptors (Lipinski definition) is 10. The molecule has 0 spiro atoms. The van der Waals surface area contributed by atoms with Crippen molar-refractivity contribution in [2.45, 2.75) is 51.4 Å². The van der Waals surface area contributed by atoms with Crippen molar-refractivity contribution in [3.05, 3.63) is 54.6 Å². The second kappa shape index (κ2) is 12.0. The average Bonchev–Trinajstić information content (AvgIpc) is 2.92. The van der Waals surface area contributed by atoms with Crippen LogP contribution >= 0.6 is 0 Å². The van der Waals surface area contributed by atoms with E-state index in [1.165, 1.54) is 6.20 Å². The molecule has 3 aromatic rings. The third-order valence-electron chi connectivity index (χ3n) is 6.68. The largest absolute Gasteiger partial charge is 0.490 e. The summed E-state index contributed by atoms with van der Waals surface area (Å²) < 4.78 is 16.8. The van der Waals surface area contributed by atoms with Crippen LogP contribution in [-0.4, -0.2) is 71.0 Å². The second-order valence-electron chi connectivity index (χ2n) is 11.0. The summed E-state index contributed by atoms with van der Waals surface area (Å²) in [5.41, 5.74) is 8.21. The Labute approximate surface area is 238 Å². The Kier molecular flexibility index (Phi) is 8.20. The van der Waals surface area contributed by atoms with Gasteiger partial charge in [0.05, 0.1) is 42.7 Å². The molecule has 12 heteroatoms. The molecule has 0 radical (unpaired) electrons. The number of ether oxygens (including phenoxy) is 3. The molecule has 1 aromatic carbocycles. The lowest BCUT2D eigenvalue weighted by atomic mass is 9.89. The SMILES string of the molecule is CC(C)(C)OC(=O)N[C@H]1C[C@@H](Oc2ccc(-c3cnc(N)c(C(=O)Nc4cnccc4N4CCOCC4)n3)cc2)C1. The highest BCUT2D eigenvalue weighted by molar-refractivity contribution is 6.07. The van der Waals surface area contributed by atoms with E-state index < -0.39 is 17.6 Å². The predicted octanol–water partition coefficient (Wildman–Crippen LogP) is 3.64. The van der Waals surface area contributed by atoms with Crippen molar-refractivity contribution in [2.75, 3.05) is 42.3 Å². The zero-order chi connectivity index (χ0) is 29.0. The lowest BCUT2D eigenvalue weighted by Crippen LogP contribution is -2.50. The minimum atomic E-state index is -0.531. The number of nitrogen functional groups attached to an aromatic ring is 1. The van der Waals surface area contributed by atoms with Crippen LogP contribution in [0.15, 0.2) is 48.9 Å². The van der Waals surface area contributed by atoms with Crippen molar-refractivity contribution < 1.29 is 23.8 Å². The number of amides is 2. The number of carbonyl (C=O) groups is 2. The van der Waals surface area contributed by atoms with Crippen LogP contribution < -0.4 is 26.0 Å². The number of nitrogens with zero attached hydrogens (tertiary/aromatic N) is 4. The van der Waals surface area contributed by atoms with Gasteiger partial charge in [-0.25, -0.2) is 14.8 Å². The standard InChI is InChI=1S/C29H35N7O5/c1-29(2,3)41-28(38)33-19-14-21(15-19)40-20-6-4-18(5-7-20)22-17-32-26(30)25(34-22)27(37)35-23-16-31-9-8-24(23)36-10-12-39-13-11-36/h4-9,16-17,19,21H,10-15H2,1-3H3,(H2,30,32)(H,33,38)(H,35,37)/t19-,21+. The fourth-order valence-corrected chi connectivity index (χ4v) is 4.60. The summed E-state index contributed by atoms with van der Waals surface area (Å²) in [5, 5.41) is 5.76. The van der Waals surface area contributed by atoms with Crippen LogP contribution in [0.3, 0.4) is 0 Å². The molecule has 2 aromatic heterocycles. The average molecular weight is 562 g/mol. The monoisotopic (exact) mass is 561 g/mol. The van der Waals surface area contributed by atoms with Crippen LogP contribution in [0.5, 0.6) is 5.75 Å². The molecule has 2 aliphatic rings. The summed E-state index contributed by atoms with van der Waals surface area (Å²) in [6, 6.07) is 9.27. The molecule has 4 N–H and O–H groups in total. The minimum absolute atomic E-state index is 0.00207. The third-order valence-corrected chi connectivity index (χ3v) is 6.68. The van der Waals surface area contributed by atoms with E-state index in [2.05, 4.69) is 30.5 Å². The van der Waals surface area contributed by atoms with Crippen LogP contribution in [0.1, 0.15) is 44.1 Å². The number of carbonyl (C=O) groups excluding carboxylic acids is 2. The molecule has 1 saturated carbocycles. The van der Waals surface area contributed by atoms with E-state index in [1.54, 1.807) is 12.4 Å². The topological polar surface area (TPSA) is 154 Å². The van der Waals surface area contributed by atoms with Crippen molar-refractivity contribution in [3.63, 3.8) is 0 Å². The number of aromatic nitrogens is 3. The molecule has 216 valence electrons. The number of hydrogen-bond donors (Lipinski definition) is 3. The van der Waals surface area contributed by atoms with Crippen LogP contribution in [0.2, 0.25) is 0 Å². The van der Waals surface area contributed by atoms with Gasteiger partial charge in [0.25, 0.3) is 5.91 Å². The Morgan fingerprint density at radius 3 is 2.51 bits per heavy atom. The van der Waals surface area contributed by atoms with Gasteiger partial charge in [-0.2, -0.15) is 0 Å². The maximum absolute atomic E-state index is 13.2. The molecule has 1 aliphatic heterocycles. The third kappa shape index (κ3) is 7.20. The number of benzene rings is 1. The quantitative estimate of drug-likeness (QED) is 0.389. The molecule has 12 nitrogen and oxygen atoms in total. The number of pyridine rings is 1. The summed E-state index contributed by atoms with van der Waals surface area (Å²) in [5.74, 6) is 0.254. The number of anilines is 3. The van der Waals surface area contributed by atoms with Crippen molar-refractivity contribution >= 4 is 29.2 Å². The van der Waals surface area contributed by atoms with Gasteiger partial charge in [-0.05, 0) is 51.1 Å². The summed E-state index contributed by atoms with van der Waals surface area (Å²) >= 11 is 0. The van der Waals surface area contributed by atoms with Crippen LogP contribution in [-0.2, 0) is 9.47 Å². The van der Waals surface area contributed by atoms with E-state index in [1.807, 2.05) is 51.1 Å². The maximum atomic E-state index is 13.2. The zero-order valence-corrected chi connectivity index (χ0v) is 23.4. The molecule has 3 heterocycles. The lowest BCUT2D eigenvalue weighted by Gasteiger charge is -2.36. The molecule has 41 heavy (non-hydrogen) atoms. The fraction of sp³-hybridized carbons (Fsp3) is 0.414. The second-order valence-corrected chi connectivity index (χ2v) is 11.0. The molecular weight excluding hydrogens is 526 g/mol. The summed E-state index contributed by atoms with van der Waals surface area (Å²) in [4.78, 5) is 40.2. The molecule has 0 unspecified atom stereocenters. The fourth-order valence-electron chi connectivity index (χ4n) is 4.60. The van der Waals surface area contributed by atoms with Crippen molar-refractivity contribution in [1.82, 2.24) is 20.3 Å². The molecule has 5 rings (SSSR count). The van der Waals surface area contributed by atoms with Crippen LogP contribution in [0.25, 0.3) is 11.3 Å². The Balaban J connectivity index is 1.20. The molecule has 0 bridgehead atoms. The lowest BCUT2D eigenvalue weighted by molar-refractivity contribution is 0.0362. The molecular formula is C29H35N7O5. The van der Waals surface area contributed by atoms with E-state index in [0.29, 0.717) is 56.3 Å². The van der Waals surface area contributed by atoms with E-state index in [0.717, 1.165) is 11.3 Å². The van der Waals surface area contributed by atoms with Gasteiger partial charge in [0.1, 0.15) is 17.5 Å². The number of morpholine rings is 1. The Bertz CT molecular complexity index is 1380. The first-order valence-corrected chi connectivity index (χ1v) is 13.6. The summed E-state index contributed by atoms with van der Waals surface area (Å²) in [6.07, 6.45) is 5.81. The molecule has 2 fully saturated rings. The predicted molar refractivity (Wildman–Crippen MR) is 154 cm³/mol. The zero-order valence-electron chi connectivity index (χ0n) is 23.4. The molecule has 1 saturated heterocycles. The van der Waals surface area contributed by atoms with Gasteiger partial charge in [-0.3, -0.25) is 9.78 Å². The van der Waals surface area contributed by atoms with E-state index in [4.69, 9.17) is 19.9 Å². The highest BCUT2D eigenvalue weighted by Gasteiger charge is 2.33. The number of nitrogens with one attached hydrogen (secondary N) is 2. The van der Waals surface area contributed by atoms with Gasteiger partial charge < -0.3 is 35.5 Å². The van der Waals surface area contributed by atoms with E-state index >= 15 is 0 Å². The smallest absolute Gasteiger partial charge is 0.407 e. The van der Waals surface area contributed by atoms with Gasteiger partial charge >= 0.3 is 6.09 Å². The van der Waals surface area contributed by atoms with Gasteiger partial charge in [-0.15, -0.1) is 0 Å². The van der Waals surface area contributed by atoms with Gasteiger partial charge in [0.2, 0.25) is 0 Å². The minimum Gasteiger partial charge on any atom is -0.490 e. The summed E-state index contributed by atoms with van der Waals surface area (Å²) in [6.45, 7) is 8.17. The highest BCUT2D eigenvalue weighted by Crippen LogP contribution is 2.29. The van der Waals surface area contributed by atoms with Crippen molar-refractivity contribution in [3.8, 4) is 17.0 Å². The van der Waals surface area contributed by atoms with Crippen molar-refractivity contribution in [2.24, 2.45) is 0 Å². The van der Waals surface area contributed by atoms with Gasteiger partial charge in [-0.1, -0.05) is 0 Å². The maximum Gasteiger partial charge on any atom is 0.407 e. The van der Waals surface area contributed by atoms with Crippen LogP contribution in [0, 0.1) is 0 Å². The Morgan fingerprint density at radius 2 is 1.80 bits per heavy atom. The van der Waals surface area contributed by atoms with E-state index in [9.17, 15) is 9.59 Å². The normalized spacial score (nSPS) is 18.7. The number of rotatable bonds is 7. The van der Waals surface area contributed by atoms with Crippen LogP contribution in [0.4, 0.5) is 22.0 Å².